The number of hydrogen-bond donors (Lipinski definition) is 1. The fraction of sp³-hybridized carbons (Fsp3) is 0.538. The maximum atomic E-state index is 5.52. The van der Waals surface area contributed by atoms with Crippen molar-refractivity contribution in [3.8, 4) is 11.5 Å². The molecule has 0 saturated carbocycles. The Balaban J connectivity index is 1.95. The summed E-state index contributed by atoms with van der Waals surface area (Å²) in [6.07, 6.45) is 2.45. The van der Waals surface area contributed by atoms with Gasteiger partial charge in [0.05, 0.1) is 0 Å². The molecule has 1 N–H and O–H groups in total. The van der Waals surface area contributed by atoms with Crippen LogP contribution < -0.4 is 14.8 Å². The van der Waals surface area contributed by atoms with Gasteiger partial charge in [-0.15, -0.1) is 0 Å². The van der Waals surface area contributed by atoms with E-state index in [0.29, 0.717) is 12.7 Å². The van der Waals surface area contributed by atoms with Crippen molar-refractivity contribution in [1.82, 2.24) is 5.32 Å². The van der Waals surface area contributed by atoms with Crippen molar-refractivity contribution in [1.29, 1.82) is 0 Å². The molecule has 0 aromatic heterocycles. The summed E-state index contributed by atoms with van der Waals surface area (Å²) in [5.41, 5.74) is 2.70. The Morgan fingerprint density at radius 1 is 1.19 bits per heavy atom. The molecule has 0 bridgehead atoms. The van der Waals surface area contributed by atoms with E-state index >= 15 is 0 Å². The minimum absolute atomic E-state index is 0.367. The second kappa shape index (κ2) is 3.98. The van der Waals surface area contributed by atoms with Crippen molar-refractivity contribution in [2.45, 2.75) is 25.7 Å². The molecular weight excluding hydrogens is 202 g/mol. The normalized spacial score (nSPS) is 20.1. The third-order valence-corrected chi connectivity index (χ3v) is 3.61. The molecular formula is C13H17NO2. The number of hydrogen-bond acceptors (Lipinski definition) is 3. The Bertz CT molecular complexity index is 397. The molecule has 3 rings (SSSR count). The predicted molar refractivity (Wildman–Crippen MR) is 62.1 cm³/mol. The fourth-order valence-corrected chi connectivity index (χ4v) is 2.70. The highest BCUT2D eigenvalue weighted by Gasteiger charge is 2.23. The van der Waals surface area contributed by atoms with Gasteiger partial charge in [0, 0.05) is 0 Å². The number of nitrogens with one attached hydrogen (secondary N) is 1. The van der Waals surface area contributed by atoms with E-state index < -0.39 is 0 Å². The Labute approximate surface area is 95.8 Å². The molecule has 2 heterocycles. The van der Waals surface area contributed by atoms with E-state index in [-0.39, 0.29) is 0 Å². The first-order chi connectivity index (χ1) is 7.86. The van der Waals surface area contributed by atoms with E-state index in [2.05, 4.69) is 18.3 Å². The highest BCUT2D eigenvalue weighted by molar-refractivity contribution is 5.52. The fourth-order valence-electron chi connectivity index (χ4n) is 2.70. The van der Waals surface area contributed by atoms with Gasteiger partial charge in [-0.2, -0.15) is 0 Å². The lowest BCUT2D eigenvalue weighted by Crippen LogP contribution is -2.26. The molecule has 0 radical (unpaired) electrons. The van der Waals surface area contributed by atoms with Crippen LogP contribution in [-0.4, -0.2) is 19.9 Å². The molecule has 1 fully saturated rings. The molecule has 3 nitrogen and oxygen atoms in total. The zero-order valence-corrected chi connectivity index (χ0v) is 9.58. The summed E-state index contributed by atoms with van der Waals surface area (Å²) in [5, 5.41) is 3.40. The standard InChI is InChI=1S/C13H17NO2/c1-9-11(10-4-6-14-7-5-10)2-3-12-13(9)16-8-15-12/h2-3,10,14H,4-8H2,1H3. The van der Waals surface area contributed by atoms with Crippen LogP contribution in [0, 0.1) is 6.92 Å². The average molecular weight is 219 g/mol. The summed E-state index contributed by atoms with van der Waals surface area (Å²) in [6, 6.07) is 4.26. The zero-order chi connectivity index (χ0) is 11.0. The number of piperidine rings is 1. The lowest BCUT2D eigenvalue weighted by molar-refractivity contribution is 0.173. The molecule has 2 aliphatic rings. The Morgan fingerprint density at radius 2 is 2.00 bits per heavy atom. The largest absolute Gasteiger partial charge is 0.454 e. The van der Waals surface area contributed by atoms with E-state index in [1.54, 1.807) is 0 Å². The summed E-state index contributed by atoms with van der Waals surface area (Å²) in [5.74, 6) is 2.53. The summed E-state index contributed by atoms with van der Waals surface area (Å²) >= 11 is 0. The van der Waals surface area contributed by atoms with Crippen molar-refractivity contribution < 1.29 is 9.47 Å². The molecule has 0 aliphatic carbocycles. The van der Waals surface area contributed by atoms with Crippen LogP contribution in [0.1, 0.15) is 29.9 Å². The first-order valence-electron chi connectivity index (χ1n) is 5.96. The van der Waals surface area contributed by atoms with Crippen molar-refractivity contribution in [2.24, 2.45) is 0 Å². The molecule has 2 aliphatic heterocycles. The van der Waals surface area contributed by atoms with Crippen molar-refractivity contribution in [2.75, 3.05) is 19.9 Å². The second-order valence-corrected chi connectivity index (χ2v) is 4.54. The minimum atomic E-state index is 0.367. The van der Waals surface area contributed by atoms with E-state index in [1.165, 1.54) is 24.0 Å². The van der Waals surface area contributed by atoms with Crippen LogP contribution in [0.2, 0.25) is 0 Å². The monoisotopic (exact) mass is 219 g/mol. The van der Waals surface area contributed by atoms with Crippen molar-refractivity contribution in [3.05, 3.63) is 23.3 Å². The maximum Gasteiger partial charge on any atom is 0.231 e. The molecule has 0 amide bonds. The maximum absolute atomic E-state index is 5.52. The molecule has 3 heteroatoms. The molecule has 0 atom stereocenters. The van der Waals surface area contributed by atoms with E-state index in [4.69, 9.17) is 9.47 Å². The highest BCUT2D eigenvalue weighted by atomic mass is 16.7. The van der Waals surface area contributed by atoms with Gasteiger partial charge in [-0.05, 0) is 56.0 Å². The highest BCUT2D eigenvalue weighted by Crippen LogP contribution is 2.40. The van der Waals surface area contributed by atoms with Gasteiger partial charge in [-0.25, -0.2) is 0 Å². The number of fused-ring (bicyclic) bond motifs is 1. The van der Waals surface area contributed by atoms with Gasteiger partial charge >= 0.3 is 0 Å². The molecule has 16 heavy (non-hydrogen) atoms. The number of ether oxygens (including phenoxy) is 2. The van der Waals surface area contributed by atoms with Crippen LogP contribution in [0.25, 0.3) is 0 Å². The summed E-state index contributed by atoms with van der Waals surface area (Å²) < 4.78 is 10.9. The Morgan fingerprint density at radius 3 is 2.81 bits per heavy atom. The van der Waals surface area contributed by atoms with E-state index in [1.807, 2.05) is 6.07 Å². The predicted octanol–water partition coefficient (Wildman–Crippen LogP) is 2.19. The molecule has 0 spiro atoms. The van der Waals surface area contributed by atoms with E-state index in [0.717, 1.165) is 24.6 Å². The van der Waals surface area contributed by atoms with Crippen molar-refractivity contribution in [3.63, 3.8) is 0 Å². The lowest BCUT2D eigenvalue weighted by atomic mass is 9.87. The van der Waals surface area contributed by atoms with Gasteiger partial charge in [0.25, 0.3) is 0 Å². The van der Waals surface area contributed by atoms with Gasteiger partial charge in [0.15, 0.2) is 11.5 Å². The van der Waals surface area contributed by atoms with Gasteiger partial charge in [-0.1, -0.05) is 6.07 Å². The van der Waals surface area contributed by atoms with Crippen LogP contribution in [0.4, 0.5) is 0 Å². The minimum Gasteiger partial charge on any atom is -0.454 e. The lowest BCUT2D eigenvalue weighted by Gasteiger charge is -2.24. The van der Waals surface area contributed by atoms with Crippen LogP contribution in [0.3, 0.4) is 0 Å². The van der Waals surface area contributed by atoms with Gasteiger partial charge in [0.1, 0.15) is 0 Å². The SMILES string of the molecule is Cc1c(C2CCNCC2)ccc2c1OCO2. The third-order valence-electron chi connectivity index (χ3n) is 3.61. The first-order valence-corrected chi connectivity index (χ1v) is 5.96. The Kier molecular flexibility index (Phi) is 2.48. The Hall–Kier alpha value is -1.22. The van der Waals surface area contributed by atoms with E-state index in [9.17, 15) is 0 Å². The molecule has 86 valence electrons. The van der Waals surface area contributed by atoms with Crippen LogP contribution in [-0.2, 0) is 0 Å². The first kappa shape index (κ1) is 9.97. The summed E-state index contributed by atoms with van der Waals surface area (Å²) in [4.78, 5) is 0. The third kappa shape index (κ3) is 1.55. The molecule has 1 aromatic carbocycles. The average Bonchev–Trinajstić information content (AvgIpc) is 2.80. The van der Waals surface area contributed by atoms with Gasteiger partial charge < -0.3 is 14.8 Å². The smallest absolute Gasteiger partial charge is 0.231 e. The summed E-state index contributed by atoms with van der Waals surface area (Å²) in [6.45, 7) is 4.76. The molecule has 1 saturated heterocycles. The van der Waals surface area contributed by atoms with Crippen LogP contribution in [0.5, 0.6) is 11.5 Å². The molecule has 0 unspecified atom stereocenters. The zero-order valence-electron chi connectivity index (χ0n) is 9.58. The second-order valence-electron chi connectivity index (χ2n) is 4.54. The van der Waals surface area contributed by atoms with Gasteiger partial charge in [0.2, 0.25) is 6.79 Å². The molecule has 1 aromatic rings. The van der Waals surface area contributed by atoms with Crippen molar-refractivity contribution >= 4 is 0 Å². The topological polar surface area (TPSA) is 30.5 Å². The van der Waals surface area contributed by atoms with Crippen LogP contribution >= 0.6 is 0 Å². The van der Waals surface area contributed by atoms with Gasteiger partial charge in [-0.3, -0.25) is 0 Å². The summed E-state index contributed by atoms with van der Waals surface area (Å²) in [7, 11) is 0. The number of rotatable bonds is 1. The number of benzene rings is 1. The quantitative estimate of drug-likeness (QED) is 0.785. The van der Waals surface area contributed by atoms with Crippen LogP contribution in [0.15, 0.2) is 12.1 Å².